The zero-order valence-corrected chi connectivity index (χ0v) is 10.2. The topological polar surface area (TPSA) is 32.9 Å². The summed E-state index contributed by atoms with van der Waals surface area (Å²) in [6, 6.07) is 0. The van der Waals surface area contributed by atoms with Crippen molar-refractivity contribution >= 4 is 43.1 Å². The number of thiazole rings is 1. The lowest BCUT2D eigenvalue weighted by Crippen LogP contribution is -2.21. The minimum Gasteiger partial charge on any atom is -0.312 e. The summed E-state index contributed by atoms with van der Waals surface area (Å²) in [7, 11) is 0. The number of aromatic nitrogens is 1. The number of halogens is 1. The molecule has 0 saturated carbocycles. The van der Waals surface area contributed by atoms with Crippen molar-refractivity contribution in [2.75, 3.05) is 0 Å². The van der Waals surface area contributed by atoms with Gasteiger partial charge >= 0.3 is 0 Å². The van der Waals surface area contributed by atoms with Crippen LogP contribution in [0.15, 0.2) is 4.79 Å². The maximum absolute atomic E-state index is 11.3. The Balaban J connectivity index is 3.73. The van der Waals surface area contributed by atoms with E-state index in [4.69, 9.17) is 0 Å². The number of hydrogen-bond acceptors (Lipinski definition) is 2. The Morgan fingerprint density at radius 2 is 2.00 bits per heavy atom. The zero-order valence-electron chi connectivity index (χ0n) is 7.19. The van der Waals surface area contributed by atoms with E-state index in [1.165, 1.54) is 11.3 Å². The van der Waals surface area contributed by atoms with Gasteiger partial charge in [0.05, 0.1) is 4.53 Å². The molecule has 0 aromatic carbocycles. The van der Waals surface area contributed by atoms with Crippen LogP contribution >= 0.6 is 33.9 Å². The maximum Gasteiger partial charge on any atom is 0.266 e. The molecule has 4 heteroatoms. The fourth-order valence-corrected chi connectivity index (χ4v) is 2.12. The first-order valence-electron chi connectivity index (χ1n) is 3.55. The molecule has 0 saturated heterocycles. The second kappa shape index (κ2) is 3.74. The van der Waals surface area contributed by atoms with Crippen molar-refractivity contribution in [1.29, 1.82) is 0 Å². The van der Waals surface area contributed by atoms with Crippen LogP contribution in [0, 0.1) is 0 Å². The molecule has 0 aliphatic rings. The van der Waals surface area contributed by atoms with Crippen LogP contribution in [0.2, 0.25) is 0 Å². The van der Waals surface area contributed by atoms with Crippen LogP contribution in [0.3, 0.4) is 0 Å². The molecule has 0 spiro atoms. The Labute approximate surface area is 88.2 Å². The van der Waals surface area contributed by atoms with E-state index in [0.29, 0.717) is 0 Å². The van der Waals surface area contributed by atoms with E-state index in [2.05, 4.69) is 27.6 Å². The Hall–Kier alpha value is -0.100. The van der Waals surface area contributed by atoms with Crippen molar-refractivity contribution < 1.29 is 0 Å². The predicted molar refractivity (Wildman–Crippen MR) is 62.0 cm³/mol. The van der Waals surface area contributed by atoms with E-state index in [0.717, 1.165) is 18.3 Å². The monoisotopic (exact) mass is 295 g/mol. The lowest BCUT2D eigenvalue weighted by molar-refractivity contribution is 1.24. The highest BCUT2D eigenvalue weighted by Gasteiger charge is 1.96. The molecule has 66 valence electrons. The first-order chi connectivity index (χ1) is 5.52. The van der Waals surface area contributed by atoms with Crippen molar-refractivity contribution in [3.63, 3.8) is 0 Å². The van der Waals surface area contributed by atoms with Gasteiger partial charge in [0.2, 0.25) is 0 Å². The van der Waals surface area contributed by atoms with Gasteiger partial charge in [-0.15, -0.1) is 11.3 Å². The normalized spacial score (nSPS) is 13.0. The summed E-state index contributed by atoms with van der Waals surface area (Å²) in [5.74, 6) is 0. The molecule has 1 aromatic rings. The van der Waals surface area contributed by atoms with Gasteiger partial charge < -0.3 is 4.98 Å². The van der Waals surface area contributed by atoms with Crippen molar-refractivity contribution in [2.24, 2.45) is 0 Å². The highest BCUT2D eigenvalue weighted by molar-refractivity contribution is 14.1. The second-order valence-electron chi connectivity index (χ2n) is 2.75. The minimum atomic E-state index is 0.0333. The van der Waals surface area contributed by atoms with Crippen molar-refractivity contribution in [2.45, 2.75) is 20.8 Å². The Morgan fingerprint density at radius 3 is 2.25 bits per heavy atom. The molecular formula is C8H10INOS. The highest BCUT2D eigenvalue weighted by atomic mass is 127. The van der Waals surface area contributed by atoms with Gasteiger partial charge in [-0.1, -0.05) is 5.57 Å². The van der Waals surface area contributed by atoms with Gasteiger partial charge in [-0.05, 0) is 43.4 Å². The zero-order chi connectivity index (χ0) is 9.30. The van der Waals surface area contributed by atoms with Gasteiger partial charge in [-0.2, -0.15) is 0 Å². The summed E-state index contributed by atoms with van der Waals surface area (Å²) in [4.78, 5) is 14.1. The summed E-state index contributed by atoms with van der Waals surface area (Å²) >= 11 is 3.74. The van der Waals surface area contributed by atoms with Crippen molar-refractivity contribution in [3.05, 3.63) is 19.5 Å². The van der Waals surface area contributed by atoms with E-state index in [1.54, 1.807) is 0 Å². The van der Waals surface area contributed by atoms with Gasteiger partial charge in [0, 0.05) is 3.58 Å². The van der Waals surface area contributed by atoms with E-state index in [1.807, 2.05) is 20.8 Å². The standard InChI is InChI=1S/C8H10INOS/c1-4(2)6-7(11)10-8(12-6)5(3)9/h1-3H3,(H,10,11)/b8-5+. The van der Waals surface area contributed by atoms with Gasteiger partial charge in [-0.25, -0.2) is 0 Å². The SMILES string of the molecule is CC(C)=c1s/c(=C(\C)I)[nH]c1=O. The minimum absolute atomic E-state index is 0.0333. The molecule has 1 rings (SSSR count). The Bertz CT molecular complexity index is 446. The molecule has 1 aromatic heterocycles. The maximum atomic E-state index is 11.3. The molecule has 0 bridgehead atoms. The van der Waals surface area contributed by atoms with E-state index in [9.17, 15) is 4.79 Å². The van der Waals surface area contributed by atoms with E-state index < -0.39 is 0 Å². The fraction of sp³-hybridized carbons (Fsp3) is 0.375. The summed E-state index contributed by atoms with van der Waals surface area (Å²) in [5, 5.41) is 0. The van der Waals surface area contributed by atoms with Crippen LogP contribution in [-0.4, -0.2) is 4.98 Å². The summed E-state index contributed by atoms with van der Waals surface area (Å²) in [5.41, 5.74) is 1.11. The molecule has 0 radical (unpaired) electrons. The third-order valence-corrected chi connectivity index (χ3v) is 3.72. The first kappa shape index (κ1) is 9.98. The van der Waals surface area contributed by atoms with Crippen LogP contribution < -0.4 is 14.8 Å². The third-order valence-electron chi connectivity index (χ3n) is 1.40. The lowest BCUT2D eigenvalue weighted by atomic mass is 10.4. The summed E-state index contributed by atoms with van der Waals surface area (Å²) in [6.07, 6.45) is 0. The van der Waals surface area contributed by atoms with Crippen LogP contribution in [0.1, 0.15) is 20.8 Å². The number of H-pyrrole nitrogens is 1. The quantitative estimate of drug-likeness (QED) is 0.717. The Morgan fingerprint density at radius 1 is 1.42 bits per heavy atom. The van der Waals surface area contributed by atoms with Gasteiger partial charge in [0.1, 0.15) is 4.66 Å². The van der Waals surface area contributed by atoms with Crippen LogP contribution in [-0.2, 0) is 0 Å². The van der Waals surface area contributed by atoms with E-state index in [-0.39, 0.29) is 5.56 Å². The largest absolute Gasteiger partial charge is 0.312 e. The van der Waals surface area contributed by atoms with Crippen LogP contribution in [0.5, 0.6) is 0 Å². The summed E-state index contributed by atoms with van der Waals surface area (Å²) < 4.78 is 2.93. The lowest BCUT2D eigenvalue weighted by Gasteiger charge is -1.78. The first-order valence-corrected chi connectivity index (χ1v) is 5.45. The van der Waals surface area contributed by atoms with Crippen molar-refractivity contribution in [3.8, 4) is 0 Å². The molecule has 1 N–H and O–H groups in total. The molecule has 0 fully saturated rings. The van der Waals surface area contributed by atoms with Gasteiger partial charge in [0.25, 0.3) is 5.56 Å². The molecule has 0 amide bonds. The molecule has 2 nitrogen and oxygen atoms in total. The highest BCUT2D eigenvalue weighted by Crippen LogP contribution is 2.00. The summed E-state index contributed by atoms with van der Waals surface area (Å²) in [6.45, 7) is 5.89. The number of hydrogen-bond donors (Lipinski definition) is 1. The molecular weight excluding hydrogens is 285 g/mol. The third kappa shape index (κ3) is 1.98. The van der Waals surface area contributed by atoms with Crippen LogP contribution in [0.25, 0.3) is 9.15 Å². The molecule has 0 aliphatic carbocycles. The molecule has 12 heavy (non-hydrogen) atoms. The smallest absolute Gasteiger partial charge is 0.266 e. The van der Waals surface area contributed by atoms with Gasteiger partial charge in [0.15, 0.2) is 0 Å². The van der Waals surface area contributed by atoms with Gasteiger partial charge in [-0.3, -0.25) is 4.79 Å². The number of aromatic amines is 1. The number of rotatable bonds is 0. The Kier molecular flexibility index (Phi) is 3.11. The molecule has 1 heterocycles. The average molecular weight is 295 g/mol. The van der Waals surface area contributed by atoms with Crippen molar-refractivity contribution in [1.82, 2.24) is 4.98 Å². The second-order valence-corrected chi connectivity index (χ2v) is 5.39. The number of nitrogens with one attached hydrogen (secondary N) is 1. The molecule has 0 aliphatic heterocycles. The molecule has 0 unspecified atom stereocenters. The molecule has 0 atom stereocenters. The predicted octanol–water partition coefficient (Wildman–Crippen LogP) is 1.19. The fourth-order valence-electron chi connectivity index (χ4n) is 0.819. The average Bonchev–Trinajstić information content (AvgIpc) is 2.30. The van der Waals surface area contributed by atoms with E-state index >= 15 is 0 Å². The van der Waals surface area contributed by atoms with Crippen LogP contribution in [0.4, 0.5) is 0 Å².